The van der Waals surface area contributed by atoms with E-state index in [0.29, 0.717) is 31.3 Å². The van der Waals surface area contributed by atoms with Gasteiger partial charge in [0.05, 0.1) is 6.10 Å². The Labute approximate surface area is 130 Å². The number of hydrogen-bond donors (Lipinski definition) is 1. The first-order chi connectivity index (χ1) is 10.7. The zero-order chi connectivity index (χ0) is 15.5. The molecular formula is C15H24N4O3. The molecule has 1 aromatic rings. The fraction of sp³-hybridized carbons (Fsp3) is 0.800. The summed E-state index contributed by atoms with van der Waals surface area (Å²) in [6.07, 6.45) is 2.70. The maximum atomic E-state index is 11.6. The van der Waals surface area contributed by atoms with Gasteiger partial charge in [-0.1, -0.05) is 5.16 Å². The minimum atomic E-state index is -0.196. The largest absolute Gasteiger partial charge is 0.363 e. The van der Waals surface area contributed by atoms with Gasteiger partial charge in [0.1, 0.15) is 6.10 Å². The highest BCUT2D eigenvalue weighted by molar-refractivity contribution is 5.75. The average molecular weight is 308 g/mol. The third-order valence-electron chi connectivity index (χ3n) is 4.04. The van der Waals surface area contributed by atoms with Crippen LogP contribution in [0.5, 0.6) is 0 Å². The van der Waals surface area contributed by atoms with Crippen molar-refractivity contribution in [2.24, 2.45) is 0 Å². The van der Waals surface area contributed by atoms with Crippen molar-refractivity contribution in [1.29, 1.82) is 0 Å². The van der Waals surface area contributed by atoms with Gasteiger partial charge in [-0.15, -0.1) is 0 Å². The van der Waals surface area contributed by atoms with Gasteiger partial charge in [-0.3, -0.25) is 9.69 Å². The molecule has 2 heterocycles. The summed E-state index contributed by atoms with van der Waals surface area (Å²) in [6, 6.07) is 0. The quantitative estimate of drug-likeness (QED) is 0.851. The zero-order valence-corrected chi connectivity index (χ0v) is 13.2. The van der Waals surface area contributed by atoms with Crippen molar-refractivity contribution in [1.82, 2.24) is 20.4 Å². The molecule has 1 saturated heterocycles. The van der Waals surface area contributed by atoms with E-state index in [1.54, 1.807) is 0 Å². The van der Waals surface area contributed by atoms with Crippen molar-refractivity contribution in [3.05, 3.63) is 11.7 Å². The Morgan fingerprint density at radius 2 is 2.23 bits per heavy atom. The first-order valence-electron chi connectivity index (χ1n) is 8.13. The van der Waals surface area contributed by atoms with Crippen LogP contribution in [0.1, 0.15) is 56.8 Å². The molecule has 22 heavy (non-hydrogen) atoms. The number of carbonyl (C=O) groups excluding carboxylic acids is 1. The standard InChI is InChI=1S/C15H24N4O3/c1-3-16-13(20)6-7-19-8-10(2)21-12(9-19)15-17-14(18-22-15)11-4-5-11/h10-12H,3-9H2,1-2H3,(H,16,20)/t10-,12-/m1/s1. The lowest BCUT2D eigenvalue weighted by atomic mass is 10.2. The Bertz CT molecular complexity index is 515. The number of aromatic nitrogens is 2. The number of rotatable bonds is 6. The minimum absolute atomic E-state index is 0.0873. The summed E-state index contributed by atoms with van der Waals surface area (Å²) in [6.45, 7) is 6.86. The number of nitrogens with zero attached hydrogens (tertiary/aromatic N) is 3. The highest BCUT2D eigenvalue weighted by Crippen LogP contribution is 2.38. The van der Waals surface area contributed by atoms with Crippen LogP contribution in [0, 0.1) is 0 Å². The molecule has 2 aliphatic rings. The van der Waals surface area contributed by atoms with Crippen molar-refractivity contribution in [3.8, 4) is 0 Å². The van der Waals surface area contributed by atoms with Crippen LogP contribution in [-0.4, -0.2) is 53.2 Å². The highest BCUT2D eigenvalue weighted by Gasteiger charge is 2.33. The summed E-state index contributed by atoms with van der Waals surface area (Å²) in [4.78, 5) is 18.3. The third-order valence-corrected chi connectivity index (χ3v) is 4.04. The van der Waals surface area contributed by atoms with E-state index in [1.807, 2.05) is 13.8 Å². The Hall–Kier alpha value is -1.47. The van der Waals surface area contributed by atoms with Crippen LogP contribution in [0.2, 0.25) is 0 Å². The molecule has 1 amide bonds. The zero-order valence-electron chi connectivity index (χ0n) is 13.2. The van der Waals surface area contributed by atoms with Crippen LogP contribution >= 0.6 is 0 Å². The van der Waals surface area contributed by atoms with Gasteiger partial charge in [-0.2, -0.15) is 4.98 Å². The number of nitrogens with one attached hydrogen (secondary N) is 1. The highest BCUT2D eigenvalue weighted by atomic mass is 16.5. The van der Waals surface area contributed by atoms with Crippen LogP contribution in [0.3, 0.4) is 0 Å². The van der Waals surface area contributed by atoms with Gasteiger partial charge in [0.2, 0.25) is 5.91 Å². The molecule has 7 heteroatoms. The fourth-order valence-corrected chi connectivity index (χ4v) is 2.79. The lowest BCUT2D eigenvalue weighted by molar-refractivity contribution is -0.123. The van der Waals surface area contributed by atoms with Crippen LogP contribution < -0.4 is 5.32 Å². The first kappa shape index (κ1) is 15.4. The summed E-state index contributed by atoms with van der Waals surface area (Å²) in [5.41, 5.74) is 0. The second-order valence-electron chi connectivity index (χ2n) is 6.16. The van der Waals surface area contributed by atoms with Crippen LogP contribution in [0.25, 0.3) is 0 Å². The number of hydrogen-bond acceptors (Lipinski definition) is 6. The lowest BCUT2D eigenvalue weighted by Crippen LogP contribution is -2.44. The summed E-state index contributed by atoms with van der Waals surface area (Å²) in [5, 5.41) is 6.88. The number of ether oxygens (including phenoxy) is 1. The Kier molecular flexibility index (Phi) is 4.73. The number of amides is 1. The first-order valence-corrected chi connectivity index (χ1v) is 8.13. The Morgan fingerprint density at radius 3 is 2.95 bits per heavy atom. The van der Waals surface area contributed by atoms with E-state index in [1.165, 1.54) is 0 Å². The maximum absolute atomic E-state index is 11.6. The fourth-order valence-electron chi connectivity index (χ4n) is 2.79. The smallest absolute Gasteiger partial charge is 0.257 e. The molecule has 2 atom stereocenters. The predicted molar refractivity (Wildman–Crippen MR) is 79.3 cm³/mol. The van der Waals surface area contributed by atoms with Gasteiger partial charge in [0.15, 0.2) is 5.82 Å². The third kappa shape index (κ3) is 3.84. The molecule has 1 aromatic heterocycles. The molecule has 0 spiro atoms. The second-order valence-corrected chi connectivity index (χ2v) is 6.16. The van der Waals surface area contributed by atoms with Crippen LogP contribution in [0.15, 0.2) is 4.52 Å². The van der Waals surface area contributed by atoms with Crippen molar-refractivity contribution < 1.29 is 14.1 Å². The topological polar surface area (TPSA) is 80.5 Å². The second kappa shape index (κ2) is 6.75. The SMILES string of the molecule is CCNC(=O)CCN1C[C@@H](C)O[C@@H](c2nc(C3CC3)no2)C1. The molecule has 0 aromatic carbocycles. The summed E-state index contributed by atoms with van der Waals surface area (Å²) in [7, 11) is 0. The van der Waals surface area contributed by atoms with E-state index < -0.39 is 0 Å². The van der Waals surface area contributed by atoms with Crippen molar-refractivity contribution in [2.75, 3.05) is 26.2 Å². The average Bonchev–Trinajstić information content (AvgIpc) is 3.22. The van der Waals surface area contributed by atoms with Gasteiger partial charge in [-0.05, 0) is 26.7 Å². The predicted octanol–water partition coefficient (Wildman–Crippen LogP) is 1.23. The van der Waals surface area contributed by atoms with Gasteiger partial charge in [0, 0.05) is 38.5 Å². The molecule has 0 bridgehead atoms. The molecule has 2 fully saturated rings. The molecule has 0 radical (unpaired) electrons. The van der Waals surface area contributed by atoms with Gasteiger partial charge >= 0.3 is 0 Å². The van der Waals surface area contributed by atoms with E-state index in [0.717, 1.165) is 31.8 Å². The van der Waals surface area contributed by atoms with Crippen LogP contribution in [-0.2, 0) is 9.53 Å². The van der Waals surface area contributed by atoms with E-state index in [4.69, 9.17) is 9.26 Å². The van der Waals surface area contributed by atoms with Crippen LogP contribution in [0.4, 0.5) is 0 Å². The molecule has 1 aliphatic heterocycles. The molecule has 1 saturated carbocycles. The van der Waals surface area contributed by atoms with Gasteiger partial charge in [-0.25, -0.2) is 0 Å². The molecule has 7 nitrogen and oxygen atoms in total. The number of carbonyl (C=O) groups is 1. The molecule has 3 rings (SSSR count). The molecule has 122 valence electrons. The lowest BCUT2D eigenvalue weighted by Gasteiger charge is -2.35. The molecule has 1 aliphatic carbocycles. The van der Waals surface area contributed by atoms with E-state index in [-0.39, 0.29) is 18.1 Å². The minimum Gasteiger partial charge on any atom is -0.363 e. The van der Waals surface area contributed by atoms with Crippen molar-refractivity contribution in [3.63, 3.8) is 0 Å². The summed E-state index contributed by atoms with van der Waals surface area (Å²) in [5.74, 6) is 1.95. The molecular weight excluding hydrogens is 284 g/mol. The number of morpholine rings is 1. The molecule has 0 unspecified atom stereocenters. The Balaban J connectivity index is 1.56. The summed E-state index contributed by atoms with van der Waals surface area (Å²) < 4.78 is 11.3. The summed E-state index contributed by atoms with van der Waals surface area (Å²) >= 11 is 0. The van der Waals surface area contributed by atoms with Crippen molar-refractivity contribution in [2.45, 2.75) is 51.2 Å². The van der Waals surface area contributed by atoms with E-state index in [9.17, 15) is 4.79 Å². The van der Waals surface area contributed by atoms with Gasteiger partial charge < -0.3 is 14.6 Å². The van der Waals surface area contributed by atoms with E-state index >= 15 is 0 Å². The maximum Gasteiger partial charge on any atom is 0.257 e. The van der Waals surface area contributed by atoms with Crippen molar-refractivity contribution >= 4 is 5.91 Å². The monoisotopic (exact) mass is 308 g/mol. The normalized spacial score (nSPS) is 26.1. The van der Waals surface area contributed by atoms with E-state index in [2.05, 4.69) is 20.4 Å². The van der Waals surface area contributed by atoms with Gasteiger partial charge in [0.25, 0.3) is 5.89 Å². The Morgan fingerprint density at radius 1 is 1.41 bits per heavy atom. The molecule has 1 N–H and O–H groups in total.